The topological polar surface area (TPSA) is 85.2 Å². The van der Waals surface area contributed by atoms with Gasteiger partial charge in [-0.15, -0.1) is 0 Å². The maximum absolute atomic E-state index is 12.3. The summed E-state index contributed by atoms with van der Waals surface area (Å²) in [4.78, 5) is 18.1. The molecule has 0 atom stereocenters. The molecular formula is C14H16N4O2. The number of hydrogen-bond donors (Lipinski definition) is 1. The van der Waals surface area contributed by atoms with Gasteiger partial charge in [0.25, 0.3) is 5.91 Å². The maximum Gasteiger partial charge on any atom is 0.255 e. The fourth-order valence-electron chi connectivity index (χ4n) is 2.55. The first-order chi connectivity index (χ1) is 9.74. The van der Waals surface area contributed by atoms with Gasteiger partial charge in [0.1, 0.15) is 0 Å². The number of amides is 1. The van der Waals surface area contributed by atoms with Crippen LogP contribution in [0.5, 0.6) is 0 Å². The number of carbonyl (C=O) groups excluding carboxylic acids is 1. The molecule has 6 heteroatoms. The quantitative estimate of drug-likeness (QED) is 0.898. The molecular weight excluding hydrogens is 256 g/mol. The van der Waals surface area contributed by atoms with E-state index in [1.807, 2.05) is 4.90 Å². The van der Waals surface area contributed by atoms with Crippen molar-refractivity contribution in [3.05, 3.63) is 41.9 Å². The lowest BCUT2D eigenvalue weighted by molar-refractivity contribution is 0.0711. The molecule has 1 aliphatic heterocycles. The van der Waals surface area contributed by atoms with Gasteiger partial charge < -0.3 is 15.2 Å². The molecule has 0 spiro atoms. The minimum atomic E-state index is 0.0382. The largest absolute Gasteiger partial charge is 0.368 e. The van der Waals surface area contributed by atoms with E-state index in [0.717, 1.165) is 18.5 Å². The zero-order valence-electron chi connectivity index (χ0n) is 11.0. The van der Waals surface area contributed by atoms with Gasteiger partial charge in [0, 0.05) is 37.5 Å². The van der Waals surface area contributed by atoms with E-state index in [1.54, 1.807) is 30.6 Å². The highest BCUT2D eigenvalue weighted by Gasteiger charge is 2.26. The smallest absolute Gasteiger partial charge is 0.255 e. The van der Waals surface area contributed by atoms with E-state index < -0.39 is 0 Å². The Morgan fingerprint density at radius 3 is 2.80 bits per heavy atom. The van der Waals surface area contributed by atoms with Crippen molar-refractivity contribution >= 4 is 11.8 Å². The Morgan fingerprint density at radius 2 is 2.20 bits per heavy atom. The molecule has 1 amide bonds. The van der Waals surface area contributed by atoms with Gasteiger partial charge in [-0.05, 0) is 25.0 Å². The molecule has 1 fully saturated rings. The normalized spacial score (nSPS) is 16.3. The number of carbonyl (C=O) groups is 1. The number of pyridine rings is 1. The summed E-state index contributed by atoms with van der Waals surface area (Å²) in [7, 11) is 0. The van der Waals surface area contributed by atoms with Crippen molar-refractivity contribution in [2.75, 3.05) is 18.8 Å². The predicted octanol–water partition coefficient (Wildman–Crippen LogP) is 1.67. The number of nitrogens with two attached hydrogens (primary N) is 1. The number of rotatable bonds is 2. The zero-order valence-corrected chi connectivity index (χ0v) is 11.0. The van der Waals surface area contributed by atoms with Crippen LogP contribution < -0.4 is 5.73 Å². The summed E-state index contributed by atoms with van der Waals surface area (Å²) in [6.45, 7) is 1.43. The minimum absolute atomic E-state index is 0.0382. The summed E-state index contributed by atoms with van der Waals surface area (Å²) in [6, 6.07) is 5.33. The molecule has 0 aromatic carbocycles. The average Bonchev–Trinajstić information content (AvgIpc) is 2.94. The van der Waals surface area contributed by atoms with Gasteiger partial charge in [-0.25, -0.2) is 0 Å². The Balaban J connectivity index is 1.63. The second-order valence-corrected chi connectivity index (χ2v) is 4.96. The number of aromatic nitrogens is 2. The molecule has 0 aliphatic carbocycles. The van der Waals surface area contributed by atoms with E-state index in [2.05, 4.69) is 10.1 Å². The highest BCUT2D eigenvalue weighted by Crippen LogP contribution is 2.28. The SMILES string of the molecule is Nc1cc(C2CCN(C(=O)c3cccnc3)CC2)no1. The summed E-state index contributed by atoms with van der Waals surface area (Å²) in [5.41, 5.74) is 7.06. The van der Waals surface area contributed by atoms with Gasteiger partial charge in [-0.1, -0.05) is 5.16 Å². The first kappa shape index (κ1) is 12.7. The highest BCUT2D eigenvalue weighted by atomic mass is 16.5. The summed E-state index contributed by atoms with van der Waals surface area (Å²) in [6.07, 6.45) is 5.01. The molecule has 6 nitrogen and oxygen atoms in total. The van der Waals surface area contributed by atoms with Crippen molar-refractivity contribution in [3.8, 4) is 0 Å². The molecule has 2 N–H and O–H groups in total. The number of nitrogens with zero attached hydrogens (tertiary/aromatic N) is 3. The summed E-state index contributed by atoms with van der Waals surface area (Å²) >= 11 is 0. The van der Waals surface area contributed by atoms with Gasteiger partial charge in [-0.2, -0.15) is 0 Å². The van der Waals surface area contributed by atoms with Crippen LogP contribution in [0.15, 0.2) is 35.1 Å². The van der Waals surface area contributed by atoms with Crippen LogP contribution in [0.4, 0.5) is 5.88 Å². The standard InChI is InChI=1S/C14H16N4O2/c15-13-8-12(17-20-13)10-3-6-18(7-4-10)14(19)11-2-1-5-16-9-11/h1-2,5,8-10H,3-4,6-7,15H2. The van der Waals surface area contributed by atoms with E-state index >= 15 is 0 Å². The Bertz CT molecular complexity index is 588. The van der Waals surface area contributed by atoms with Crippen LogP contribution in [0.25, 0.3) is 0 Å². The van der Waals surface area contributed by atoms with Crippen molar-refractivity contribution in [1.82, 2.24) is 15.0 Å². The summed E-state index contributed by atoms with van der Waals surface area (Å²) in [5.74, 6) is 0.694. The Labute approximate surface area is 116 Å². The highest BCUT2D eigenvalue weighted by molar-refractivity contribution is 5.93. The second kappa shape index (κ2) is 5.32. The molecule has 1 aliphatic rings. The third kappa shape index (κ3) is 2.49. The molecule has 0 unspecified atom stereocenters. The van der Waals surface area contributed by atoms with Crippen LogP contribution in [0.1, 0.15) is 34.8 Å². The zero-order chi connectivity index (χ0) is 13.9. The molecule has 3 rings (SSSR count). The molecule has 3 heterocycles. The number of nitrogen functional groups attached to an aromatic ring is 1. The minimum Gasteiger partial charge on any atom is -0.368 e. The van der Waals surface area contributed by atoms with Crippen LogP contribution in [-0.2, 0) is 0 Å². The first-order valence-electron chi connectivity index (χ1n) is 6.65. The van der Waals surface area contributed by atoms with Crippen LogP contribution in [-0.4, -0.2) is 34.0 Å². The number of piperidine rings is 1. The third-order valence-corrected chi connectivity index (χ3v) is 3.66. The van der Waals surface area contributed by atoms with E-state index in [-0.39, 0.29) is 5.91 Å². The van der Waals surface area contributed by atoms with Crippen molar-refractivity contribution in [2.24, 2.45) is 0 Å². The molecule has 104 valence electrons. The van der Waals surface area contributed by atoms with Gasteiger partial charge in [0.05, 0.1) is 11.3 Å². The van der Waals surface area contributed by atoms with Crippen LogP contribution >= 0.6 is 0 Å². The predicted molar refractivity (Wildman–Crippen MR) is 73.0 cm³/mol. The maximum atomic E-state index is 12.3. The average molecular weight is 272 g/mol. The van der Waals surface area contributed by atoms with E-state index in [9.17, 15) is 4.79 Å². The number of anilines is 1. The summed E-state index contributed by atoms with van der Waals surface area (Å²) in [5, 5.41) is 3.95. The van der Waals surface area contributed by atoms with E-state index in [4.69, 9.17) is 10.3 Å². The van der Waals surface area contributed by atoms with Gasteiger partial charge in [-0.3, -0.25) is 9.78 Å². The fourth-order valence-corrected chi connectivity index (χ4v) is 2.55. The first-order valence-corrected chi connectivity index (χ1v) is 6.65. The molecule has 0 bridgehead atoms. The van der Waals surface area contributed by atoms with Crippen molar-refractivity contribution in [3.63, 3.8) is 0 Å². The molecule has 1 saturated heterocycles. The van der Waals surface area contributed by atoms with Crippen molar-refractivity contribution in [2.45, 2.75) is 18.8 Å². The lowest BCUT2D eigenvalue weighted by atomic mass is 9.93. The van der Waals surface area contributed by atoms with Gasteiger partial charge in [0.2, 0.25) is 5.88 Å². The molecule has 2 aromatic heterocycles. The molecule has 2 aromatic rings. The van der Waals surface area contributed by atoms with Crippen molar-refractivity contribution < 1.29 is 9.32 Å². The molecule has 0 radical (unpaired) electrons. The Hall–Kier alpha value is -2.37. The second-order valence-electron chi connectivity index (χ2n) is 4.96. The van der Waals surface area contributed by atoms with Crippen LogP contribution in [0.2, 0.25) is 0 Å². The van der Waals surface area contributed by atoms with Gasteiger partial charge in [0.15, 0.2) is 0 Å². The van der Waals surface area contributed by atoms with Gasteiger partial charge >= 0.3 is 0 Å². The van der Waals surface area contributed by atoms with E-state index in [1.165, 1.54) is 0 Å². The molecule has 20 heavy (non-hydrogen) atoms. The number of likely N-dealkylation sites (tertiary alicyclic amines) is 1. The van der Waals surface area contributed by atoms with E-state index in [0.29, 0.717) is 30.5 Å². The third-order valence-electron chi connectivity index (χ3n) is 3.66. The fraction of sp³-hybridized carbons (Fsp3) is 0.357. The number of hydrogen-bond acceptors (Lipinski definition) is 5. The summed E-state index contributed by atoms with van der Waals surface area (Å²) < 4.78 is 4.90. The Kier molecular flexibility index (Phi) is 3.37. The van der Waals surface area contributed by atoms with Crippen molar-refractivity contribution in [1.29, 1.82) is 0 Å². The lowest BCUT2D eigenvalue weighted by Crippen LogP contribution is -2.38. The molecule has 0 saturated carbocycles. The monoisotopic (exact) mass is 272 g/mol. The van der Waals surface area contributed by atoms with Crippen LogP contribution in [0, 0.1) is 0 Å². The Morgan fingerprint density at radius 1 is 1.40 bits per heavy atom. The van der Waals surface area contributed by atoms with Crippen LogP contribution in [0.3, 0.4) is 0 Å². The lowest BCUT2D eigenvalue weighted by Gasteiger charge is -2.31.